The van der Waals surface area contributed by atoms with Crippen LogP contribution >= 0.6 is 0 Å². The van der Waals surface area contributed by atoms with Gasteiger partial charge in [-0.15, -0.1) is 0 Å². The van der Waals surface area contributed by atoms with Crippen LogP contribution in [0.2, 0.25) is 0 Å². The van der Waals surface area contributed by atoms with Gasteiger partial charge in [0.05, 0.1) is 30.0 Å². The Balaban J connectivity index is 1.57. The maximum atomic E-state index is 10.6. The summed E-state index contributed by atoms with van der Waals surface area (Å²) in [6.45, 7) is 3.02. The number of nitro groups is 1. The first-order valence-corrected chi connectivity index (χ1v) is 7.18. The van der Waals surface area contributed by atoms with Gasteiger partial charge in [0.15, 0.2) is 5.88 Å². The van der Waals surface area contributed by atoms with E-state index in [-0.39, 0.29) is 5.69 Å². The summed E-state index contributed by atoms with van der Waals surface area (Å²) in [5.41, 5.74) is 3.50. The van der Waals surface area contributed by atoms with Crippen LogP contribution < -0.4 is 10.3 Å². The number of non-ortho nitro benzene ring substituents is 1. The lowest BCUT2D eigenvalue weighted by Gasteiger charge is -2.26. The van der Waals surface area contributed by atoms with Gasteiger partial charge in [-0.25, -0.2) is 0 Å². The van der Waals surface area contributed by atoms with E-state index in [1.807, 2.05) is 12.1 Å². The molecule has 1 aromatic carbocycles. The number of ether oxygens (including phenoxy) is 1. The Morgan fingerprint density at radius 3 is 2.61 bits per heavy atom. The third kappa shape index (κ3) is 3.86. The highest BCUT2D eigenvalue weighted by Gasteiger charge is 2.14. The number of nitrogens with one attached hydrogen (secondary N) is 1. The molecule has 0 bridgehead atoms. The van der Waals surface area contributed by atoms with E-state index in [1.54, 1.807) is 18.3 Å². The Morgan fingerprint density at radius 1 is 1.17 bits per heavy atom. The molecule has 0 aliphatic carbocycles. The first-order valence-electron chi connectivity index (χ1n) is 7.18. The molecule has 2 aromatic rings. The second-order valence-corrected chi connectivity index (χ2v) is 4.95. The zero-order valence-electron chi connectivity index (χ0n) is 12.3. The molecule has 3 rings (SSSR count). The van der Waals surface area contributed by atoms with E-state index in [4.69, 9.17) is 9.15 Å². The third-order valence-corrected chi connectivity index (χ3v) is 3.40. The number of rotatable bonds is 5. The molecule has 1 aliphatic heterocycles. The van der Waals surface area contributed by atoms with E-state index in [1.165, 1.54) is 12.1 Å². The van der Waals surface area contributed by atoms with Crippen LogP contribution in [0.15, 0.2) is 45.9 Å². The number of hydrazone groups is 1. The summed E-state index contributed by atoms with van der Waals surface area (Å²) in [6, 6.07) is 9.76. The van der Waals surface area contributed by atoms with E-state index in [9.17, 15) is 10.1 Å². The van der Waals surface area contributed by atoms with Gasteiger partial charge in [-0.05, 0) is 18.2 Å². The Kier molecular flexibility index (Phi) is 4.53. The maximum absolute atomic E-state index is 10.6. The largest absolute Gasteiger partial charge is 0.440 e. The molecule has 1 aromatic heterocycles. The summed E-state index contributed by atoms with van der Waals surface area (Å²) in [6.07, 6.45) is 1.56. The molecule has 8 nitrogen and oxygen atoms in total. The summed E-state index contributed by atoms with van der Waals surface area (Å²) >= 11 is 0. The number of morpholine rings is 1. The molecule has 23 heavy (non-hydrogen) atoms. The number of nitrogens with zero attached hydrogens (tertiary/aromatic N) is 3. The molecule has 8 heteroatoms. The zero-order valence-corrected chi connectivity index (χ0v) is 12.3. The number of nitro benzene ring substituents is 1. The van der Waals surface area contributed by atoms with Gasteiger partial charge in [0.25, 0.3) is 5.69 Å². The predicted molar refractivity (Wildman–Crippen MR) is 86.1 cm³/mol. The van der Waals surface area contributed by atoms with Crippen LogP contribution in [0, 0.1) is 10.1 Å². The molecular formula is C15H16N4O4. The normalized spacial score (nSPS) is 15.0. The van der Waals surface area contributed by atoms with Crippen molar-refractivity contribution in [2.24, 2.45) is 5.10 Å². The smallest absolute Gasteiger partial charge is 0.269 e. The maximum Gasteiger partial charge on any atom is 0.269 e. The number of hydrogen-bond acceptors (Lipinski definition) is 7. The van der Waals surface area contributed by atoms with Gasteiger partial charge in [0, 0.05) is 31.3 Å². The Hall–Kier alpha value is -2.87. The van der Waals surface area contributed by atoms with Gasteiger partial charge in [-0.1, -0.05) is 0 Å². The molecule has 0 atom stereocenters. The standard InChI is InChI=1S/C15H16N4O4/c20-19(21)13-3-1-12(2-4-13)17-16-11-14-5-6-15(23-14)18-7-9-22-10-8-18/h1-6,11,17H,7-10H2. The number of anilines is 2. The molecule has 1 saturated heterocycles. The van der Waals surface area contributed by atoms with E-state index >= 15 is 0 Å². The molecule has 2 heterocycles. The fraction of sp³-hybridized carbons (Fsp3) is 0.267. The number of furan rings is 1. The predicted octanol–water partition coefficient (Wildman–Crippen LogP) is 2.47. The average Bonchev–Trinajstić information content (AvgIpc) is 3.05. The third-order valence-electron chi connectivity index (χ3n) is 3.40. The van der Waals surface area contributed by atoms with E-state index in [0.29, 0.717) is 24.7 Å². The fourth-order valence-corrected chi connectivity index (χ4v) is 2.19. The fourth-order valence-electron chi connectivity index (χ4n) is 2.19. The van der Waals surface area contributed by atoms with Gasteiger partial charge < -0.3 is 14.1 Å². The van der Waals surface area contributed by atoms with Crippen molar-refractivity contribution < 1.29 is 14.1 Å². The summed E-state index contributed by atoms with van der Waals surface area (Å²) in [5, 5.41) is 14.6. The van der Waals surface area contributed by atoms with E-state index in [0.717, 1.165) is 19.0 Å². The Bertz CT molecular complexity index is 690. The van der Waals surface area contributed by atoms with Crippen molar-refractivity contribution in [3.8, 4) is 0 Å². The second-order valence-electron chi connectivity index (χ2n) is 4.95. The molecule has 0 unspecified atom stereocenters. The molecule has 0 radical (unpaired) electrons. The lowest BCUT2D eigenvalue weighted by atomic mass is 10.3. The van der Waals surface area contributed by atoms with Crippen LogP contribution in [0.1, 0.15) is 5.76 Å². The van der Waals surface area contributed by atoms with Crippen LogP contribution in [-0.2, 0) is 4.74 Å². The lowest BCUT2D eigenvalue weighted by Crippen LogP contribution is -2.35. The number of benzene rings is 1. The highest BCUT2D eigenvalue weighted by atomic mass is 16.6. The van der Waals surface area contributed by atoms with Crippen molar-refractivity contribution in [2.45, 2.75) is 0 Å². The molecule has 1 aliphatic rings. The molecule has 0 spiro atoms. The monoisotopic (exact) mass is 316 g/mol. The van der Waals surface area contributed by atoms with Crippen molar-refractivity contribution in [2.75, 3.05) is 36.6 Å². The zero-order chi connectivity index (χ0) is 16.1. The second kappa shape index (κ2) is 6.93. The Morgan fingerprint density at radius 2 is 1.91 bits per heavy atom. The molecule has 1 fully saturated rings. The van der Waals surface area contributed by atoms with Crippen molar-refractivity contribution in [1.29, 1.82) is 0 Å². The molecule has 120 valence electrons. The van der Waals surface area contributed by atoms with Crippen molar-refractivity contribution in [3.05, 3.63) is 52.3 Å². The molecular weight excluding hydrogens is 300 g/mol. The highest BCUT2D eigenvalue weighted by Crippen LogP contribution is 2.19. The lowest BCUT2D eigenvalue weighted by molar-refractivity contribution is -0.384. The van der Waals surface area contributed by atoms with Crippen molar-refractivity contribution in [3.63, 3.8) is 0 Å². The first-order chi connectivity index (χ1) is 11.2. The van der Waals surface area contributed by atoms with Gasteiger partial charge in [0.2, 0.25) is 0 Å². The summed E-state index contributed by atoms with van der Waals surface area (Å²) in [5.74, 6) is 1.42. The SMILES string of the molecule is O=[N+]([O-])c1ccc(NN=Cc2ccc(N3CCOCC3)o2)cc1. The van der Waals surface area contributed by atoms with E-state index < -0.39 is 4.92 Å². The summed E-state index contributed by atoms with van der Waals surface area (Å²) in [7, 11) is 0. The van der Waals surface area contributed by atoms with Gasteiger partial charge in [-0.2, -0.15) is 5.10 Å². The van der Waals surface area contributed by atoms with Gasteiger partial charge in [0.1, 0.15) is 5.76 Å². The molecule has 0 amide bonds. The minimum absolute atomic E-state index is 0.0423. The summed E-state index contributed by atoms with van der Waals surface area (Å²) in [4.78, 5) is 12.2. The van der Waals surface area contributed by atoms with E-state index in [2.05, 4.69) is 15.4 Å². The Labute approximate surface area is 132 Å². The first kappa shape index (κ1) is 15.0. The van der Waals surface area contributed by atoms with Crippen molar-refractivity contribution in [1.82, 2.24) is 0 Å². The number of hydrogen-bond donors (Lipinski definition) is 1. The van der Waals surface area contributed by atoms with Crippen LogP contribution in [0.5, 0.6) is 0 Å². The molecule has 0 saturated carbocycles. The van der Waals surface area contributed by atoms with Crippen LogP contribution in [0.4, 0.5) is 17.3 Å². The topological polar surface area (TPSA) is 93.1 Å². The van der Waals surface area contributed by atoms with Crippen molar-refractivity contribution >= 4 is 23.5 Å². The summed E-state index contributed by atoms with van der Waals surface area (Å²) < 4.78 is 11.0. The highest BCUT2D eigenvalue weighted by molar-refractivity contribution is 5.77. The van der Waals surface area contributed by atoms with Gasteiger partial charge in [-0.3, -0.25) is 15.5 Å². The van der Waals surface area contributed by atoms with Crippen LogP contribution in [0.3, 0.4) is 0 Å². The molecule has 1 N–H and O–H groups in total. The van der Waals surface area contributed by atoms with Gasteiger partial charge >= 0.3 is 0 Å². The average molecular weight is 316 g/mol. The minimum atomic E-state index is -0.441. The van der Waals surface area contributed by atoms with Crippen LogP contribution in [-0.4, -0.2) is 37.4 Å². The quantitative estimate of drug-likeness (QED) is 0.517. The minimum Gasteiger partial charge on any atom is -0.440 e. The van der Waals surface area contributed by atoms with Crippen LogP contribution in [0.25, 0.3) is 0 Å².